The summed E-state index contributed by atoms with van der Waals surface area (Å²) in [5.41, 5.74) is 4.44. The van der Waals surface area contributed by atoms with E-state index in [2.05, 4.69) is 13.0 Å². The van der Waals surface area contributed by atoms with E-state index in [4.69, 9.17) is 4.98 Å². The number of anilines is 2. The Bertz CT molecular complexity index is 1070. The van der Waals surface area contributed by atoms with Crippen molar-refractivity contribution in [3.63, 3.8) is 0 Å². The van der Waals surface area contributed by atoms with Gasteiger partial charge in [-0.2, -0.15) is 5.26 Å². The number of benzene rings is 2. The van der Waals surface area contributed by atoms with Crippen molar-refractivity contribution in [3.8, 4) is 6.07 Å². The van der Waals surface area contributed by atoms with E-state index in [-0.39, 0.29) is 5.91 Å². The molecule has 5 heteroatoms. The van der Waals surface area contributed by atoms with Gasteiger partial charge in [0.1, 0.15) is 11.1 Å². The molecule has 1 amide bonds. The molecule has 4 nitrogen and oxygen atoms in total. The molecule has 1 aliphatic rings. The lowest BCUT2D eigenvalue weighted by Crippen LogP contribution is -2.33. The average Bonchev–Trinajstić information content (AvgIpc) is 2.80. The molecule has 2 aromatic carbocycles. The van der Waals surface area contributed by atoms with Crippen molar-refractivity contribution in [2.24, 2.45) is 5.92 Å². The van der Waals surface area contributed by atoms with Crippen LogP contribution in [0, 0.1) is 17.2 Å². The number of nitrogens with zero attached hydrogens (tertiary/aromatic N) is 3. The number of amides is 1. The molecule has 0 saturated carbocycles. The van der Waals surface area contributed by atoms with Gasteiger partial charge in [0, 0.05) is 17.1 Å². The summed E-state index contributed by atoms with van der Waals surface area (Å²) >= 11 is 1.37. The van der Waals surface area contributed by atoms with Crippen molar-refractivity contribution in [3.05, 3.63) is 83.6 Å². The number of aromatic nitrogens is 1. The van der Waals surface area contributed by atoms with Gasteiger partial charge in [-0.25, -0.2) is 4.98 Å². The average molecular weight is 428 g/mol. The molecule has 0 aliphatic heterocycles. The highest BCUT2D eigenvalue weighted by Gasteiger charge is 2.27. The summed E-state index contributed by atoms with van der Waals surface area (Å²) in [5.74, 6) is 0.574. The Morgan fingerprint density at radius 1 is 1.13 bits per heavy atom. The summed E-state index contributed by atoms with van der Waals surface area (Å²) in [6.07, 6.45) is 3.00. The number of rotatable bonds is 5. The number of fused-ring (bicyclic) bond motifs is 1. The smallest absolute Gasteiger partial charge is 0.244 e. The van der Waals surface area contributed by atoms with Gasteiger partial charge in [0.2, 0.25) is 5.91 Å². The first-order valence-corrected chi connectivity index (χ1v) is 11.5. The van der Waals surface area contributed by atoms with Crippen LogP contribution in [0.25, 0.3) is 0 Å². The lowest BCUT2D eigenvalue weighted by molar-refractivity contribution is -0.117. The first-order chi connectivity index (χ1) is 15.1. The Hall–Kier alpha value is -3.10. The molecular weight excluding hydrogens is 402 g/mol. The molecule has 0 saturated heterocycles. The number of carbonyl (C=O) groups is 1. The number of carbonyl (C=O) groups excluding carboxylic acids is 1. The molecule has 31 heavy (non-hydrogen) atoms. The maximum absolute atomic E-state index is 13.6. The molecular formula is C26H25N3OS. The third-order valence-corrected chi connectivity index (χ3v) is 6.69. The maximum atomic E-state index is 13.6. The van der Waals surface area contributed by atoms with Gasteiger partial charge in [0.15, 0.2) is 0 Å². The largest absolute Gasteiger partial charge is 0.280 e. The van der Waals surface area contributed by atoms with E-state index < -0.39 is 5.25 Å². The molecule has 0 N–H and O–H groups in total. The van der Waals surface area contributed by atoms with Crippen LogP contribution in [0.1, 0.15) is 37.1 Å². The van der Waals surface area contributed by atoms with Gasteiger partial charge in [0.05, 0.1) is 10.8 Å². The molecule has 4 rings (SSSR count). The third-order valence-electron chi connectivity index (χ3n) is 5.60. The van der Waals surface area contributed by atoms with Crippen LogP contribution in [-0.4, -0.2) is 16.1 Å². The SMILES string of the molecule is CC1CCc2nc(SC(C)C(=O)N(c3ccccc3)c3ccccc3)c(C#N)cc2C1. The number of thioether (sulfide) groups is 1. The van der Waals surface area contributed by atoms with Crippen LogP contribution >= 0.6 is 11.8 Å². The summed E-state index contributed by atoms with van der Waals surface area (Å²) in [6.45, 7) is 4.12. The van der Waals surface area contributed by atoms with Crippen molar-refractivity contribution in [2.45, 2.75) is 43.4 Å². The van der Waals surface area contributed by atoms with Crippen LogP contribution in [0.3, 0.4) is 0 Å². The van der Waals surface area contributed by atoms with E-state index in [1.165, 1.54) is 17.3 Å². The first kappa shape index (κ1) is 21.1. The van der Waals surface area contributed by atoms with Crippen LogP contribution in [0.2, 0.25) is 0 Å². The molecule has 0 bridgehead atoms. The minimum Gasteiger partial charge on any atom is -0.280 e. The van der Waals surface area contributed by atoms with Gasteiger partial charge in [-0.05, 0) is 68.0 Å². The summed E-state index contributed by atoms with van der Waals surface area (Å²) < 4.78 is 0. The van der Waals surface area contributed by atoms with Gasteiger partial charge in [0.25, 0.3) is 0 Å². The molecule has 0 spiro atoms. The van der Waals surface area contributed by atoms with Crippen molar-refractivity contribution < 1.29 is 4.79 Å². The standard InChI is InChI=1S/C26H25N3OS/c1-18-13-14-24-20(15-18)16-21(17-27)25(28-24)31-19(2)26(30)29(22-9-5-3-6-10-22)23-11-7-4-8-12-23/h3-12,16,18-19H,13-15H2,1-2H3. The van der Waals surface area contributed by atoms with E-state index in [1.807, 2.05) is 73.7 Å². The summed E-state index contributed by atoms with van der Waals surface area (Å²) in [6, 6.07) is 23.6. The number of para-hydroxylation sites is 2. The van der Waals surface area contributed by atoms with Gasteiger partial charge in [-0.3, -0.25) is 9.69 Å². The quantitative estimate of drug-likeness (QED) is 0.474. The zero-order chi connectivity index (χ0) is 21.8. The molecule has 1 aliphatic carbocycles. The van der Waals surface area contributed by atoms with E-state index in [0.717, 1.165) is 36.3 Å². The lowest BCUT2D eigenvalue weighted by Gasteiger charge is -2.26. The Morgan fingerprint density at radius 3 is 2.32 bits per heavy atom. The van der Waals surface area contributed by atoms with E-state index in [1.54, 1.807) is 4.90 Å². The van der Waals surface area contributed by atoms with Crippen LogP contribution in [-0.2, 0) is 17.6 Å². The van der Waals surface area contributed by atoms with Crippen molar-refractivity contribution in [1.29, 1.82) is 5.26 Å². The second-order valence-corrected chi connectivity index (χ2v) is 9.34. The zero-order valence-electron chi connectivity index (χ0n) is 17.8. The lowest BCUT2D eigenvalue weighted by atomic mass is 9.87. The van der Waals surface area contributed by atoms with Crippen LogP contribution < -0.4 is 4.90 Å². The molecule has 2 atom stereocenters. The van der Waals surface area contributed by atoms with Crippen molar-refractivity contribution in [2.75, 3.05) is 4.90 Å². The Morgan fingerprint density at radius 2 is 1.74 bits per heavy atom. The Balaban J connectivity index is 1.63. The predicted molar refractivity (Wildman–Crippen MR) is 125 cm³/mol. The summed E-state index contributed by atoms with van der Waals surface area (Å²) in [4.78, 5) is 20.1. The number of pyridine rings is 1. The fraction of sp³-hybridized carbons (Fsp3) is 0.269. The van der Waals surface area contributed by atoms with Crippen LogP contribution in [0.15, 0.2) is 71.8 Å². The molecule has 1 heterocycles. The van der Waals surface area contributed by atoms with Gasteiger partial charge in [-0.1, -0.05) is 55.1 Å². The molecule has 1 aromatic heterocycles. The van der Waals surface area contributed by atoms with E-state index in [0.29, 0.717) is 16.5 Å². The second kappa shape index (κ2) is 9.36. The molecule has 0 radical (unpaired) electrons. The third kappa shape index (κ3) is 4.65. The van der Waals surface area contributed by atoms with E-state index in [9.17, 15) is 10.1 Å². The molecule has 0 fully saturated rings. The van der Waals surface area contributed by atoms with Gasteiger partial charge >= 0.3 is 0 Å². The van der Waals surface area contributed by atoms with Crippen molar-refractivity contribution in [1.82, 2.24) is 4.98 Å². The van der Waals surface area contributed by atoms with Crippen molar-refractivity contribution >= 4 is 29.0 Å². The number of nitriles is 1. The highest BCUT2D eigenvalue weighted by Crippen LogP contribution is 2.34. The molecule has 3 aromatic rings. The normalized spacial score (nSPS) is 16.1. The number of aryl methyl sites for hydroxylation is 1. The fourth-order valence-corrected chi connectivity index (χ4v) is 4.89. The maximum Gasteiger partial charge on any atom is 0.244 e. The zero-order valence-corrected chi connectivity index (χ0v) is 18.6. The highest BCUT2D eigenvalue weighted by molar-refractivity contribution is 8.00. The topological polar surface area (TPSA) is 57.0 Å². The summed E-state index contributed by atoms with van der Waals surface area (Å²) in [7, 11) is 0. The molecule has 2 unspecified atom stereocenters. The minimum absolute atomic E-state index is 0.0422. The van der Waals surface area contributed by atoms with Gasteiger partial charge < -0.3 is 0 Å². The predicted octanol–water partition coefficient (Wildman–Crippen LogP) is 5.92. The van der Waals surface area contributed by atoms with E-state index >= 15 is 0 Å². The van der Waals surface area contributed by atoms with Crippen LogP contribution in [0.5, 0.6) is 0 Å². The summed E-state index contributed by atoms with van der Waals surface area (Å²) in [5, 5.41) is 9.95. The van der Waals surface area contributed by atoms with Gasteiger partial charge in [-0.15, -0.1) is 0 Å². The number of hydrogen-bond acceptors (Lipinski definition) is 4. The monoisotopic (exact) mass is 427 g/mol. The Labute approximate surface area is 187 Å². The molecule has 156 valence electrons. The number of hydrogen-bond donors (Lipinski definition) is 0. The highest BCUT2D eigenvalue weighted by atomic mass is 32.2. The first-order valence-electron chi connectivity index (χ1n) is 10.6. The fourth-order valence-electron chi connectivity index (χ4n) is 3.95. The Kier molecular flexibility index (Phi) is 6.39. The minimum atomic E-state index is -0.402. The van der Waals surface area contributed by atoms with Crippen LogP contribution in [0.4, 0.5) is 11.4 Å². The second-order valence-electron chi connectivity index (χ2n) is 8.01.